The van der Waals surface area contributed by atoms with Crippen LogP contribution in [0.5, 0.6) is 0 Å². The Morgan fingerprint density at radius 2 is 1.75 bits per heavy atom. The van der Waals surface area contributed by atoms with Crippen molar-refractivity contribution in [3.05, 3.63) is 52.1 Å². The Morgan fingerprint density at radius 1 is 1.02 bits per heavy atom. The summed E-state index contributed by atoms with van der Waals surface area (Å²) in [5, 5.41) is 17.9. The molecule has 1 fully saturated rings. The summed E-state index contributed by atoms with van der Waals surface area (Å²) in [5.41, 5.74) is 6.38. The number of nitrogens with two attached hydrogens (primary N) is 1. The van der Waals surface area contributed by atoms with E-state index in [0.717, 1.165) is 0 Å². The minimum Gasteiger partial charge on any atom is -0.480 e. The third-order valence-corrected chi connectivity index (χ3v) is 6.56. The summed E-state index contributed by atoms with van der Waals surface area (Å²) < 4.78 is 9.91. The van der Waals surface area contributed by atoms with Crippen molar-refractivity contribution in [1.29, 1.82) is 0 Å². The van der Waals surface area contributed by atoms with E-state index in [1.165, 1.54) is 18.3 Å². The van der Waals surface area contributed by atoms with E-state index >= 15 is 0 Å². The third-order valence-electron chi connectivity index (χ3n) is 6.56. The van der Waals surface area contributed by atoms with Gasteiger partial charge in [0.25, 0.3) is 23.3 Å². The molecule has 0 spiro atoms. The summed E-state index contributed by atoms with van der Waals surface area (Å²) in [6, 6.07) is 4.83. The van der Waals surface area contributed by atoms with Crippen molar-refractivity contribution in [2.75, 3.05) is 37.4 Å². The van der Waals surface area contributed by atoms with Crippen molar-refractivity contribution in [3.63, 3.8) is 0 Å². The van der Waals surface area contributed by atoms with Gasteiger partial charge < -0.3 is 36.3 Å². The Balaban J connectivity index is 1.12. The molecule has 4 amide bonds. The van der Waals surface area contributed by atoms with Crippen LogP contribution in [0, 0.1) is 0 Å². The van der Waals surface area contributed by atoms with Gasteiger partial charge in [0.15, 0.2) is 11.2 Å². The molecule has 2 aromatic heterocycles. The van der Waals surface area contributed by atoms with Crippen LogP contribution in [-0.4, -0.2) is 98.3 Å². The second-order valence-corrected chi connectivity index (χ2v) is 10.1. The third kappa shape index (κ3) is 9.91. The van der Waals surface area contributed by atoms with E-state index in [4.69, 9.17) is 15.2 Å². The molecule has 3 heterocycles. The maximum atomic E-state index is 12.7. The molecule has 1 saturated heterocycles. The molecule has 1 atom stereocenters. The number of H-pyrrole nitrogens is 1. The number of anilines is 2. The van der Waals surface area contributed by atoms with Gasteiger partial charge in [-0.3, -0.25) is 33.8 Å². The molecule has 20 nitrogen and oxygen atoms in total. The molecule has 1 aliphatic rings. The van der Waals surface area contributed by atoms with E-state index in [9.17, 15) is 38.7 Å². The van der Waals surface area contributed by atoms with E-state index in [2.05, 4.69) is 40.7 Å². The fourth-order valence-electron chi connectivity index (χ4n) is 4.16. The number of hydrogen-bond donors (Lipinski definition) is 6. The highest BCUT2D eigenvalue weighted by atomic mass is 16.8. The number of rotatable bonds is 16. The molecule has 48 heavy (non-hydrogen) atoms. The number of carbonyl (C=O) groups excluding carboxylic acids is 5. The number of hydrogen-bond acceptors (Lipinski definition) is 15. The molecule has 0 radical (unpaired) electrons. The van der Waals surface area contributed by atoms with Crippen LogP contribution in [0.2, 0.25) is 0 Å². The number of aromatic amines is 1. The number of carboxylic acid groups (broad SMARTS) is 1. The van der Waals surface area contributed by atoms with Crippen LogP contribution in [0.15, 0.2) is 35.3 Å². The van der Waals surface area contributed by atoms with Gasteiger partial charge in [-0.05, 0) is 30.7 Å². The fourth-order valence-corrected chi connectivity index (χ4v) is 4.16. The Hall–Kier alpha value is -6.18. The molecule has 20 heteroatoms. The standard InChI is InChI=1S/C28H31N9O11/c29-27-35-23-22(25(42)36-27)33-17(14-32-23)13-31-16-3-1-15(2-4-16)24(41)34-18(26(43)44)5-6-19(38)30-9-10-46-11-12-47-28(45)48-37-20(39)7-8-21(37)40/h1-4,14,18,31H,5-13H2,(H,30,38)(H,34,41)(H,43,44)(H3,29,32,35,36,42)/t18-/m0/s1. The summed E-state index contributed by atoms with van der Waals surface area (Å²) in [7, 11) is 0. The number of aliphatic carboxylic acids is 1. The van der Waals surface area contributed by atoms with E-state index in [-0.39, 0.29) is 81.3 Å². The molecule has 0 saturated carbocycles. The minimum absolute atomic E-state index is 0.0364. The van der Waals surface area contributed by atoms with E-state index in [1.54, 1.807) is 12.1 Å². The van der Waals surface area contributed by atoms with Gasteiger partial charge in [0.1, 0.15) is 12.6 Å². The zero-order valence-corrected chi connectivity index (χ0v) is 25.2. The van der Waals surface area contributed by atoms with Crippen LogP contribution >= 0.6 is 0 Å². The summed E-state index contributed by atoms with van der Waals surface area (Å²) in [6.07, 6.45) is -0.266. The van der Waals surface area contributed by atoms with Gasteiger partial charge in [-0.15, -0.1) is 0 Å². The average Bonchev–Trinajstić information content (AvgIpc) is 3.37. The fraction of sp³-hybridized carbons (Fsp3) is 0.357. The van der Waals surface area contributed by atoms with Crippen molar-refractivity contribution >= 4 is 58.6 Å². The second-order valence-electron chi connectivity index (χ2n) is 10.1. The quantitative estimate of drug-likeness (QED) is 0.0619. The number of nitrogens with zero attached hydrogens (tertiary/aromatic N) is 4. The highest BCUT2D eigenvalue weighted by molar-refractivity contribution is 6.01. The summed E-state index contributed by atoms with van der Waals surface area (Å²) >= 11 is 0. The smallest absolute Gasteiger partial charge is 0.480 e. The largest absolute Gasteiger partial charge is 0.534 e. The molecule has 0 unspecified atom stereocenters. The van der Waals surface area contributed by atoms with E-state index in [1.807, 2.05) is 0 Å². The van der Waals surface area contributed by atoms with Crippen LogP contribution in [-0.2, 0) is 40.0 Å². The van der Waals surface area contributed by atoms with Gasteiger partial charge >= 0.3 is 12.1 Å². The number of amides is 4. The summed E-state index contributed by atoms with van der Waals surface area (Å²) in [6.45, 7) is 0.0149. The number of hydroxylamine groups is 2. The van der Waals surface area contributed by atoms with Crippen LogP contribution in [0.1, 0.15) is 41.7 Å². The number of carboxylic acids is 1. The van der Waals surface area contributed by atoms with Crippen molar-refractivity contribution < 1.29 is 48.2 Å². The lowest BCUT2D eigenvalue weighted by molar-refractivity contribution is -0.177. The van der Waals surface area contributed by atoms with Gasteiger partial charge in [-0.2, -0.15) is 4.98 Å². The molecule has 3 aromatic rings. The predicted molar refractivity (Wildman–Crippen MR) is 162 cm³/mol. The van der Waals surface area contributed by atoms with E-state index < -0.39 is 47.4 Å². The first kappa shape index (κ1) is 34.7. The topological polar surface area (TPSA) is 287 Å². The number of carbonyl (C=O) groups is 6. The zero-order chi connectivity index (χ0) is 34.6. The number of nitrogen functional groups attached to an aromatic ring is 1. The summed E-state index contributed by atoms with van der Waals surface area (Å²) in [4.78, 5) is 102. The van der Waals surface area contributed by atoms with Gasteiger partial charge in [0, 0.05) is 37.1 Å². The molecule has 7 N–H and O–H groups in total. The highest BCUT2D eigenvalue weighted by Gasteiger charge is 2.33. The monoisotopic (exact) mass is 669 g/mol. The number of nitrogens with one attached hydrogen (secondary N) is 4. The lowest BCUT2D eigenvalue weighted by Gasteiger charge is -2.15. The lowest BCUT2D eigenvalue weighted by atomic mass is 10.1. The Labute approximate surface area is 270 Å². The molecule has 0 bridgehead atoms. The molecule has 1 aliphatic heterocycles. The SMILES string of the molecule is Nc1nc2ncc(CNc3ccc(C(=O)N[C@@H](CCC(=O)NCCOCCOC(=O)ON4C(=O)CCC4=O)C(=O)O)cc3)nc2c(=O)[nH]1. The van der Waals surface area contributed by atoms with Crippen molar-refractivity contribution in [1.82, 2.24) is 35.6 Å². The molecular weight excluding hydrogens is 638 g/mol. The molecule has 1 aromatic carbocycles. The van der Waals surface area contributed by atoms with Gasteiger partial charge in [0.2, 0.25) is 11.9 Å². The van der Waals surface area contributed by atoms with Crippen molar-refractivity contribution in [2.45, 2.75) is 38.3 Å². The van der Waals surface area contributed by atoms with Crippen LogP contribution < -0.4 is 27.2 Å². The number of benzene rings is 1. The van der Waals surface area contributed by atoms with Crippen molar-refractivity contribution in [3.8, 4) is 0 Å². The number of fused-ring (bicyclic) bond motifs is 1. The number of ether oxygens (including phenoxy) is 2. The molecule has 0 aliphatic carbocycles. The van der Waals surface area contributed by atoms with Crippen LogP contribution in [0.25, 0.3) is 11.2 Å². The van der Waals surface area contributed by atoms with Gasteiger partial charge in [-0.25, -0.2) is 19.6 Å². The molecular formula is C28H31N9O11. The Morgan fingerprint density at radius 3 is 2.46 bits per heavy atom. The minimum atomic E-state index is -1.33. The predicted octanol–water partition coefficient (Wildman–Crippen LogP) is -0.779. The number of imide groups is 1. The van der Waals surface area contributed by atoms with Crippen molar-refractivity contribution in [2.24, 2.45) is 0 Å². The first-order valence-corrected chi connectivity index (χ1v) is 14.4. The lowest BCUT2D eigenvalue weighted by Crippen LogP contribution is -2.41. The highest BCUT2D eigenvalue weighted by Crippen LogP contribution is 2.13. The van der Waals surface area contributed by atoms with Crippen LogP contribution in [0.3, 0.4) is 0 Å². The van der Waals surface area contributed by atoms with Gasteiger partial charge in [0.05, 0.1) is 31.6 Å². The molecule has 4 rings (SSSR count). The maximum absolute atomic E-state index is 12.7. The summed E-state index contributed by atoms with van der Waals surface area (Å²) in [5.74, 6) is -3.80. The van der Waals surface area contributed by atoms with E-state index in [0.29, 0.717) is 16.4 Å². The maximum Gasteiger partial charge on any atom is 0.534 e. The van der Waals surface area contributed by atoms with Crippen LogP contribution in [0.4, 0.5) is 16.4 Å². The average molecular weight is 670 g/mol. The van der Waals surface area contributed by atoms with Gasteiger partial charge in [-0.1, -0.05) is 5.06 Å². The Kier molecular flexibility index (Phi) is 11.9. The normalized spacial score (nSPS) is 13.2. The number of aromatic nitrogens is 4. The first-order chi connectivity index (χ1) is 23.0. The molecule has 254 valence electrons. The Bertz CT molecular complexity index is 1730. The second kappa shape index (κ2) is 16.4. The zero-order valence-electron chi connectivity index (χ0n) is 25.2. The first-order valence-electron chi connectivity index (χ1n) is 14.4.